The quantitative estimate of drug-likeness (QED) is 0.554. The van der Waals surface area contributed by atoms with Crippen LogP contribution in [0.2, 0.25) is 0 Å². The minimum Gasteiger partial charge on any atom is -0.486 e. The van der Waals surface area contributed by atoms with Crippen LogP contribution < -0.4 is 19.9 Å². The van der Waals surface area contributed by atoms with E-state index in [4.69, 9.17) is 16.0 Å². The number of aromatic nitrogens is 2. The first kappa shape index (κ1) is 22.2. The Morgan fingerprint density at radius 3 is 2.59 bits per heavy atom. The number of benzene rings is 1. The summed E-state index contributed by atoms with van der Waals surface area (Å²) >= 11 is 0. The highest BCUT2D eigenvalue weighted by atomic mass is 16.6. The molecule has 1 saturated heterocycles. The lowest BCUT2D eigenvalue weighted by atomic mass is 9.99. The second-order valence-electron chi connectivity index (χ2n) is 9.20. The number of anilines is 1. The molecule has 8 heteroatoms. The van der Waals surface area contributed by atoms with Gasteiger partial charge in [0.25, 0.3) is 11.4 Å². The molecule has 1 fully saturated rings. The molecular formula is C26H29N5O3. The molecule has 34 heavy (non-hydrogen) atoms. The van der Waals surface area contributed by atoms with Crippen LogP contribution in [0.1, 0.15) is 32.4 Å². The van der Waals surface area contributed by atoms with E-state index in [0.29, 0.717) is 24.5 Å². The lowest BCUT2D eigenvalue weighted by molar-refractivity contribution is 0.118. The predicted molar refractivity (Wildman–Crippen MR) is 132 cm³/mol. The molecule has 8 nitrogen and oxygen atoms in total. The van der Waals surface area contributed by atoms with Crippen LogP contribution in [-0.2, 0) is 7.05 Å². The van der Waals surface area contributed by atoms with Gasteiger partial charge in [-0.1, -0.05) is 12.6 Å². The summed E-state index contributed by atoms with van der Waals surface area (Å²) in [6.07, 6.45) is 0. The van der Waals surface area contributed by atoms with Crippen LogP contribution in [0.15, 0.2) is 41.2 Å². The van der Waals surface area contributed by atoms with Gasteiger partial charge in [0.1, 0.15) is 13.2 Å². The second kappa shape index (κ2) is 8.65. The lowest BCUT2D eigenvalue weighted by Crippen LogP contribution is -2.57. The Labute approximate surface area is 199 Å². The highest BCUT2D eigenvalue weighted by Gasteiger charge is 2.34. The number of piperazine rings is 1. The number of fused-ring (bicyclic) bond motifs is 2. The summed E-state index contributed by atoms with van der Waals surface area (Å²) in [5.41, 5.74) is 3.35. The van der Waals surface area contributed by atoms with Gasteiger partial charge in [-0.3, -0.25) is 9.69 Å². The molecule has 0 amide bonds. The Bertz CT molecular complexity index is 1340. The van der Waals surface area contributed by atoms with Crippen molar-refractivity contribution < 1.29 is 9.47 Å². The Morgan fingerprint density at radius 2 is 1.82 bits per heavy atom. The van der Waals surface area contributed by atoms with Crippen molar-refractivity contribution in [2.75, 3.05) is 31.2 Å². The molecule has 2 aliphatic rings. The summed E-state index contributed by atoms with van der Waals surface area (Å²) in [7, 11) is 1.74. The molecular weight excluding hydrogens is 430 g/mol. The van der Waals surface area contributed by atoms with Gasteiger partial charge < -0.3 is 23.8 Å². The molecule has 3 atom stereocenters. The molecule has 4 heterocycles. The number of pyridine rings is 2. The van der Waals surface area contributed by atoms with Crippen LogP contribution in [-0.4, -0.2) is 52.8 Å². The molecule has 2 aliphatic heterocycles. The maximum Gasteiger partial charge on any atom is 0.270 e. The largest absolute Gasteiger partial charge is 0.486 e. The number of nitrogens with zero attached hydrogens (tertiary/aromatic N) is 5. The summed E-state index contributed by atoms with van der Waals surface area (Å²) in [6, 6.07) is 11.9. The van der Waals surface area contributed by atoms with Crippen molar-refractivity contribution in [1.29, 1.82) is 0 Å². The molecule has 0 aliphatic carbocycles. The SMILES string of the molecule is [C-]#[N+]c1ccc2c(n1)c(N1C[C@@H](C)N(C(C)c3ccc4c(c3)OCCO4)C[C@@H]1C)cc(=O)n2C. The van der Waals surface area contributed by atoms with Gasteiger partial charge in [-0.15, -0.1) is 4.98 Å². The van der Waals surface area contributed by atoms with E-state index in [1.165, 1.54) is 5.56 Å². The van der Waals surface area contributed by atoms with Gasteiger partial charge in [0.15, 0.2) is 11.5 Å². The van der Waals surface area contributed by atoms with Crippen molar-refractivity contribution >= 4 is 22.5 Å². The van der Waals surface area contributed by atoms with Gasteiger partial charge in [0.2, 0.25) is 5.52 Å². The van der Waals surface area contributed by atoms with Crippen LogP contribution in [0.25, 0.3) is 15.9 Å². The fourth-order valence-electron chi connectivity index (χ4n) is 5.12. The Hall–Kier alpha value is -3.57. The van der Waals surface area contributed by atoms with E-state index in [1.807, 2.05) is 12.1 Å². The molecule has 0 bridgehead atoms. The van der Waals surface area contributed by atoms with Crippen molar-refractivity contribution in [1.82, 2.24) is 14.5 Å². The molecule has 3 aromatic rings. The van der Waals surface area contributed by atoms with E-state index in [1.54, 1.807) is 23.7 Å². The van der Waals surface area contributed by atoms with Crippen molar-refractivity contribution in [3.8, 4) is 11.5 Å². The highest BCUT2D eigenvalue weighted by molar-refractivity contribution is 5.89. The third kappa shape index (κ3) is 3.76. The van der Waals surface area contributed by atoms with Crippen LogP contribution in [0.5, 0.6) is 11.5 Å². The highest BCUT2D eigenvalue weighted by Crippen LogP contribution is 2.37. The molecule has 1 unspecified atom stereocenters. The van der Waals surface area contributed by atoms with Crippen molar-refractivity contribution in [3.63, 3.8) is 0 Å². The average molecular weight is 460 g/mol. The van der Waals surface area contributed by atoms with Crippen LogP contribution >= 0.6 is 0 Å². The van der Waals surface area contributed by atoms with E-state index in [0.717, 1.165) is 35.8 Å². The summed E-state index contributed by atoms with van der Waals surface area (Å²) in [5, 5.41) is 0. The van der Waals surface area contributed by atoms with Crippen molar-refractivity contribution in [2.45, 2.75) is 38.9 Å². The average Bonchev–Trinajstić information content (AvgIpc) is 2.86. The Kier molecular flexibility index (Phi) is 5.66. The lowest BCUT2D eigenvalue weighted by Gasteiger charge is -2.47. The molecule has 1 aromatic carbocycles. The van der Waals surface area contributed by atoms with E-state index >= 15 is 0 Å². The normalized spacial score (nSPS) is 21.3. The maximum atomic E-state index is 12.7. The Balaban J connectivity index is 1.45. The van der Waals surface area contributed by atoms with E-state index < -0.39 is 0 Å². The van der Waals surface area contributed by atoms with Gasteiger partial charge in [0, 0.05) is 44.3 Å². The second-order valence-corrected chi connectivity index (χ2v) is 9.20. The summed E-state index contributed by atoms with van der Waals surface area (Å²) < 4.78 is 13.1. The number of rotatable bonds is 3. The molecule has 2 aromatic heterocycles. The zero-order chi connectivity index (χ0) is 24.0. The number of hydrogen-bond donors (Lipinski definition) is 0. The minimum atomic E-state index is -0.0770. The molecule has 0 spiro atoms. The van der Waals surface area contributed by atoms with Gasteiger partial charge >= 0.3 is 0 Å². The fraction of sp³-hybridized carbons (Fsp3) is 0.423. The first-order chi connectivity index (χ1) is 16.4. The minimum absolute atomic E-state index is 0.0770. The van der Waals surface area contributed by atoms with E-state index in [-0.39, 0.29) is 23.7 Å². The number of aryl methyl sites for hydroxylation is 1. The third-order valence-electron chi connectivity index (χ3n) is 7.06. The van der Waals surface area contributed by atoms with Crippen LogP contribution in [0.4, 0.5) is 11.5 Å². The summed E-state index contributed by atoms with van der Waals surface area (Å²) in [4.78, 5) is 25.6. The first-order valence-corrected chi connectivity index (χ1v) is 11.7. The number of ether oxygens (including phenoxy) is 2. The Morgan fingerprint density at radius 1 is 1.06 bits per heavy atom. The van der Waals surface area contributed by atoms with E-state index in [9.17, 15) is 4.79 Å². The predicted octanol–water partition coefficient (Wildman–Crippen LogP) is 3.92. The fourth-order valence-corrected chi connectivity index (χ4v) is 5.12. The first-order valence-electron chi connectivity index (χ1n) is 11.7. The van der Waals surface area contributed by atoms with Gasteiger partial charge in [-0.05, 0) is 50.6 Å². The topological polar surface area (TPSA) is 64.2 Å². The number of hydrogen-bond acceptors (Lipinski definition) is 6. The van der Waals surface area contributed by atoms with Gasteiger partial charge in [-0.25, -0.2) is 0 Å². The van der Waals surface area contributed by atoms with Gasteiger partial charge in [-0.2, -0.15) is 0 Å². The molecule has 0 N–H and O–H groups in total. The zero-order valence-electron chi connectivity index (χ0n) is 20.0. The van der Waals surface area contributed by atoms with Gasteiger partial charge in [0.05, 0.1) is 11.2 Å². The molecule has 0 saturated carbocycles. The maximum absolute atomic E-state index is 12.7. The summed E-state index contributed by atoms with van der Waals surface area (Å²) in [5.74, 6) is 1.94. The molecule has 176 valence electrons. The van der Waals surface area contributed by atoms with Crippen molar-refractivity contribution in [3.05, 3.63) is 63.7 Å². The van der Waals surface area contributed by atoms with Crippen LogP contribution in [0.3, 0.4) is 0 Å². The van der Waals surface area contributed by atoms with Crippen molar-refractivity contribution in [2.24, 2.45) is 7.05 Å². The zero-order valence-corrected chi connectivity index (χ0v) is 20.0. The molecule has 0 radical (unpaired) electrons. The van der Waals surface area contributed by atoms with Crippen LogP contribution in [0, 0.1) is 6.57 Å². The molecule has 5 rings (SSSR count). The standard InChI is InChI=1S/C26H29N5O3/c1-16-15-31(21-13-25(32)29(5)20-7-9-24(27-4)28-26(20)21)17(2)14-30(16)18(3)19-6-8-22-23(12-19)34-11-10-33-22/h6-9,12-13,16-18H,10-11,14-15H2,1-3,5H3/t16-,17+,18?/m1/s1. The monoisotopic (exact) mass is 459 g/mol. The summed E-state index contributed by atoms with van der Waals surface area (Å²) in [6.45, 7) is 16.7. The smallest absolute Gasteiger partial charge is 0.270 e. The van der Waals surface area contributed by atoms with E-state index in [2.05, 4.69) is 52.5 Å². The third-order valence-corrected chi connectivity index (χ3v) is 7.06.